The van der Waals surface area contributed by atoms with E-state index in [1.165, 1.54) is 13.0 Å². The lowest BCUT2D eigenvalue weighted by Crippen LogP contribution is -2.47. The van der Waals surface area contributed by atoms with Crippen molar-refractivity contribution in [1.82, 2.24) is 14.9 Å². The molecule has 1 aromatic rings. The molecule has 0 amide bonds. The summed E-state index contributed by atoms with van der Waals surface area (Å²) < 4.78 is 0.913. The highest BCUT2D eigenvalue weighted by atomic mass is 79.9. The zero-order valence-electron chi connectivity index (χ0n) is 10.1. The second kappa shape index (κ2) is 5.64. The van der Waals surface area contributed by atoms with Crippen molar-refractivity contribution in [1.29, 1.82) is 0 Å². The molecule has 1 saturated heterocycles. The maximum Gasteiger partial charge on any atom is 0.222 e. The van der Waals surface area contributed by atoms with Crippen LogP contribution in [0.3, 0.4) is 0 Å². The smallest absolute Gasteiger partial charge is 0.222 e. The van der Waals surface area contributed by atoms with E-state index in [0.29, 0.717) is 5.95 Å². The molecular formula is C11H18BrN5. The van der Waals surface area contributed by atoms with Crippen LogP contribution in [0.2, 0.25) is 0 Å². The third-order valence-electron chi connectivity index (χ3n) is 2.96. The summed E-state index contributed by atoms with van der Waals surface area (Å²) in [6, 6.07) is 0. The van der Waals surface area contributed by atoms with Crippen LogP contribution in [0.4, 0.5) is 11.8 Å². The third kappa shape index (κ3) is 3.07. The van der Waals surface area contributed by atoms with Crippen LogP contribution in [0.1, 0.15) is 13.3 Å². The van der Waals surface area contributed by atoms with Crippen LogP contribution in [0.15, 0.2) is 10.7 Å². The summed E-state index contributed by atoms with van der Waals surface area (Å²) in [5, 5.41) is 0. The minimum atomic E-state index is 0.333. The molecule has 1 fully saturated rings. The van der Waals surface area contributed by atoms with Crippen LogP contribution in [0.25, 0.3) is 0 Å². The Kier molecular flexibility index (Phi) is 4.17. The van der Waals surface area contributed by atoms with Gasteiger partial charge in [0.05, 0.1) is 4.47 Å². The van der Waals surface area contributed by atoms with Gasteiger partial charge in [0.2, 0.25) is 5.95 Å². The first-order valence-corrected chi connectivity index (χ1v) is 6.75. The fourth-order valence-corrected chi connectivity index (χ4v) is 2.53. The van der Waals surface area contributed by atoms with Crippen molar-refractivity contribution in [2.75, 3.05) is 43.4 Å². The lowest BCUT2D eigenvalue weighted by Gasteiger charge is -2.35. The molecule has 0 unspecified atom stereocenters. The van der Waals surface area contributed by atoms with Gasteiger partial charge in [0.1, 0.15) is 5.82 Å². The molecule has 2 heterocycles. The molecule has 1 aromatic heterocycles. The third-order valence-corrected chi connectivity index (χ3v) is 3.52. The van der Waals surface area contributed by atoms with Gasteiger partial charge in [0, 0.05) is 32.4 Å². The first-order valence-electron chi connectivity index (χ1n) is 5.96. The van der Waals surface area contributed by atoms with Crippen LogP contribution in [0, 0.1) is 0 Å². The van der Waals surface area contributed by atoms with Gasteiger partial charge in [-0.15, -0.1) is 0 Å². The lowest BCUT2D eigenvalue weighted by atomic mass is 10.3. The van der Waals surface area contributed by atoms with E-state index in [4.69, 9.17) is 5.73 Å². The molecule has 17 heavy (non-hydrogen) atoms. The first-order chi connectivity index (χ1) is 8.20. The number of rotatable bonds is 3. The van der Waals surface area contributed by atoms with Gasteiger partial charge in [-0.25, -0.2) is 4.98 Å². The van der Waals surface area contributed by atoms with E-state index >= 15 is 0 Å². The minimum Gasteiger partial charge on any atom is -0.368 e. The minimum absolute atomic E-state index is 0.333. The highest BCUT2D eigenvalue weighted by molar-refractivity contribution is 9.10. The van der Waals surface area contributed by atoms with Crippen molar-refractivity contribution in [3.05, 3.63) is 10.7 Å². The fourth-order valence-electron chi connectivity index (χ4n) is 2.09. The molecule has 0 atom stereocenters. The topological polar surface area (TPSA) is 58.3 Å². The Labute approximate surface area is 110 Å². The number of anilines is 2. The van der Waals surface area contributed by atoms with E-state index in [9.17, 15) is 0 Å². The van der Waals surface area contributed by atoms with Gasteiger partial charge in [0.15, 0.2) is 0 Å². The van der Waals surface area contributed by atoms with E-state index in [1.807, 2.05) is 0 Å². The Morgan fingerprint density at radius 1 is 1.35 bits per heavy atom. The number of nitrogens with two attached hydrogens (primary N) is 1. The molecule has 1 aliphatic rings. The van der Waals surface area contributed by atoms with Crippen LogP contribution >= 0.6 is 15.9 Å². The first kappa shape index (κ1) is 12.6. The van der Waals surface area contributed by atoms with Gasteiger partial charge in [-0.3, -0.25) is 4.90 Å². The number of hydrogen-bond acceptors (Lipinski definition) is 5. The SMILES string of the molecule is CCCN1CCN(c2nc(N)ncc2Br)CC1. The van der Waals surface area contributed by atoms with Crippen molar-refractivity contribution >= 4 is 27.7 Å². The van der Waals surface area contributed by atoms with E-state index < -0.39 is 0 Å². The molecule has 0 bridgehead atoms. The average molecular weight is 300 g/mol. The van der Waals surface area contributed by atoms with E-state index in [2.05, 4.69) is 42.6 Å². The van der Waals surface area contributed by atoms with Crippen molar-refractivity contribution in [3.63, 3.8) is 0 Å². The fraction of sp³-hybridized carbons (Fsp3) is 0.636. The summed E-state index contributed by atoms with van der Waals surface area (Å²) >= 11 is 3.48. The van der Waals surface area contributed by atoms with Crippen LogP contribution in [0.5, 0.6) is 0 Å². The van der Waals surface area contributed by atoms with Crippen molar-refractivity contribution < 1.29 is 0 Å². The highest BCUT2D eigenvalue weighted by Crippen LogP contribution is 2.24. The molecule has 1 aliphatic heterocycles. The van der Waals surface area contributed by atoms with Crippen molar-refractivity contribution in [3.8, 4) is 0 Å². The monoisotopic (exact) mass is 299 g/mol. The van der Waals surface area contributed by atoms with E-state index in [0.717, 1.165) is 36.5 Å². The molecule has 0 aromatic carbocycles. The molecule has 5 nitrogen and oxygen atoms in total. The summed E-state index contributed by atoms with van der Waals surface area (Å²) in [5.74, 6) is 1.24. The number of halogens is 1. The zero-order valence-corrected chi connectivity index (χ0v) is 11.7. The quantitative estimate of drug-likeness (QED) is 0.913. The molecule has 2 N–H and O–H groups in total. The Balaban J connectivity index is 2.02. The zero-order chi connectivity index (χ0) is 12.3. The van der Waals surface area contributed by atoms with Gasteiger partial charge in [-0.1, -0.05) is 6.92 Å². The summed E-state index contributed by atoms with van der Waals surface area (Å²) in [6.45, 7) is 7.56. The van der Waals surface area contributed by atoms with Crippen LogP contribution in [-0.2, 0) is 0 Å². The van der Waals surface area contributed by atoms with E-state index in [-0.39, 0.29) is 0 Å². The largest absolute Gasteiger partial charge is 0.368 e. The molecule has 0 radical (unpaired) electrons. The maximum absolute atomic E-state index is 5.63. The van der Waals surface area contributed by atoms with Crippen LogP contribution < -0.4 is 10.6 Å². The Morgan fingerprint density at radius 3 is 2.71 bits per heavy atom. The summed E-state index contributed by atoms with van der Waals surface area (Å²) in [5.41, 5.74) is 5.63. The average Bonchev–Trinajstić information content (AvgIpc) is 2.34. The second-order valence-corrected chi connectivity index (χ2v) is 5.08. The molecule has 0 spiro atoms. The van der Waals surface area contributed by atoms with Crippen molar-refractivity contribution in [2.24, 2.45) is 0 Å². The lowest BCUT2D eigenvalue weighted by molar-refractivity contribution is 0.258. The van der Waals surface area contributed by atoms with Crippen molar-refractivity contribution in [2.45, 2.75) is 13.3 Å². The molecule has 0 aliphatic carbocycles. The highest BCUT2D eigenvalue weighted by Gasteiger charge is 2.19. The molecule has 2 rings (SSSR count). The summed E-state index contributed by atoms with van der Waals surface area (Å²) in [4.78, 5) is 13.0. The van der Waals surface area contributed by atoms with E-state index in [1.54, 1.807) is 6.20 Å². The second-order valence-electron chi connectivity index (χ2n) is 4.23. The van der Waals surface area contributed by atoms with Gasteiger partial charge in [0.25, 0.3) is 0 Å². The predicted octanol–water partition coefficient (Wildman–Crippen LogP) is 1.35. The Hall–Kier alpha value is -0.880. The predicted molar refractivity (Wildman–Crippen MR) is 73.1 cm³/mol. The summed E-state index contributed by atoms with van der Waals surface area (Å²) in [7, 11) is 0. The Bertz CT molecular complexity index is 376. The Morgan fingerprint density at radius 2 is 2.06 bits per heavy atom. The van der Waals surface area contributed by atoms with Gasteiger partial charge in [-0.2, -0.15) is 4.98 Å². The van der Waals surface area contributed by atoms with Gasteiger partial charge < -0.3 is 10.6 Å². The van der Waals surface area contributed by atoms with Crippen LogP contribution in [-0.4, -0.2) is 47.6 Å². The van der Waals surface area contributed by atoms with Gasteiger partial charge in [-0.05, 0) is 28.9 Å². The number of nitrogens with zero attached hydrogens (tertiary/aromatic N) is 4. The standard InChI is InChI=1S/C11H18BrN5/c1-2-3-16-4-6-17(7-5-16)10-9(12)8-14-11(13)15-10/h8H,2-7H2,1H3,(H2,13,14,15). The molecule has 6 heteroatoms. The number of aromatic nitrogens is 2. The summed E-state index contributed by atoms with van der Waals surface area (Å²) in [6.07, 6.45) is 2.93. The maximum atomic E-state index is 5.63. The number of piperazine rings is 1. The number of nitrogen functional groups attached to an aromatic ring is 1. The molecule has 0 saturated carbocycles. The van der Waals surface area contributed by atoms with Gasteiger partial charge >= 0.3 is 0 Å². The molecule has 94 valence electrons. The molecular weight excluding hydrogens is 282 g/mol. The number of hydrogen-bond donors (Lipinski definition) is 1. The normalized spacial score (nSPS) is 17.4.